The van der Waals surface area contributed by atoms with Crippen LogP contribution in [0.1, 0.15) is 6.42 Å². The zero-order valence-corrected chi connectivity index (χ0v) is 15.7. The number of sulfone groups is 1. The molecule has 7 nitrogen and oxygen atoms in total. The van der Waals surface area contributed by atoms with Gasteiger partial charge in [0.1, 0.15) is 6.54 Å². The molecule has 1 aromatic carbocycles. The summed E-state index contributed by atoms with van der Waals surface area (Å²) in [5.74, 6) is -0.329. The molecule has 1 aliphatic heterocycles. The van der Waals surface area contributed by atoms with Crippen molar-refractivity contribution in [3.63, 3.8) is 0 Å². The number of benzene rings is 1. The maximum atomic E-state index is 12.5. The van der Waals surface area contributed by atoms with Crippen molar-refractivity contribution in [1.29, 1.82) is 0 Å². The number of hydrogen-bond acceptors (Lipinski definition) is 5. The topological polar surface area (TPSA) is 89.3 Å². The quantitative estimate of drug-likeness (QED) is 0.776. The van der Waals surface area contributed by atoms with Crippen LogP contribution < -0.4 is 5.56 Å². The van der Waals surface area contributed by atoms with Crippen molar-refractivity contribution in [2.45, 2.75) is 19.0 Å². The van der Waals surface area contributed by atoms with E-state index in [0.717, 1.165) is 4.68 Å². The molecule has 3 rings (SSSR count). The van der Waals surface area contributed by atoms with Gasteiger partial charge in [-0.2, -0.15) is 5.10 Å². The van der Waals surface area contributed by atoms with Gasteiger partial charge in [0.15, 0.2) is 9.84 Å². The molecule has 1 fully saturated rings. The molecule has 2 heterocycles. The molecule has 0 radical (unpaired) electrons. The van der Waals surface area contributed by atoms with Gasteiger partial charge in [-0.1, -0.05) is 29.8 Å². The number of carbonyl (C=O) groups is 1. The van der Waals surface area contributed by atoms with Crippen LogP contribution in [0, 0.1) is 0 Å². The third-order valence-corrected chi connectivity index (χ3v) is 6.53. The van der Waals surface area contributed by atoms with Crippen LogP contribution in [0.25, 0.3) is 11.3 Å². The maximum absolute atomic E-state index is 12.5. The molecule has 0 spiro atoms. The minimum Gasteiger partial charge on any atom is -0.340 e. The van der Waals surface area contributed by atoms with Crippen molar-refractivity contribution < 1.29 is 13.2 Å². The van der Waals surface area contributed by atoms with E-state index in [4.69, 9.17) is 11.6 Å². The molecular weight excluding hydrogens is 378 g/mol. The highest BCUT2D eigenvalue weighted by molar-refractivity contribution is 7.91. The van der Waals surface area contributed by atoms with Gasteiger partial charge in [-0.15, -0.1) is 0 Å². The first-order valence-corrected chi connectivity index (χ1v) is 10.3. The van der Waals surface area contributed by atoms with E-state index in [9.17, 15) is 18.0 Å². The van der Waals surface area contributed by atoms with Gasteiger partial charge in [-0.3, -0.25) is 9.59 Å². The Balaban J connectivity index is 1.81. The Morgan fingerprint density at radius 3 is 2.69 bits per heavy atom. The van der Waals surface area contributed by atoms with E-state index in [0.29, 0.717) is 22.7 Å². The third-order valence-electron chi connectivity index (χ3n) is 4.45. The largest absolute Gasteiger partial charge is 0.340 e. The molecule has 1 amide bonds. The summed E-state index contributed by atoms with van der Waals surface area (Å²) in [4.78, 5) is 25.9. The van der Waals surface area contributed by atoms with Crippen molar-refractivity contribution in [2.75, 3.05) is 18.6 Å². The molecular formula is C17H18ClN3O4S. The zero-order chi connectivity index (χ0) is 18.9. The van der Waals surface area contributed by atoms with Gasteiger partial charge in [-0.05, 0) is 18.6 Å². The minimum atomic E-state index is -3.10. The number of amides is 1. The van der Waals surface area contributed by atoms with E-state index < -0.39 is 15.4 Å². The lowest BCUT2D eigenvalue weighted by atomic mass is 10.1. The molecule has 0 bridgehead atoms. The standard InChI is InChI=1S/C17H18ClN3O4S/c1-20(12-8-9-26(24,25)11-12)17(23)10-21-16(22)7-6-15(19-21)13-4-2-3-5-14(13)18/h2-7,12H,8-11H2,1H3/t12-/m0/s1. The molecule has 1 aromatic heterocycles. The van der Waals surface area contributed by atoms with Crippen LogP contribution in [0.2, 0.25) is 5.02 Å². The lowest BCUT2D eigenvalue weighted by molar-refractivity contribution is -0.132. The van der Waals surface area contributed by atoms with Crippen molar-refractivity contribution in [3.05, 3.63) is 51.8 Å². The lowest BCUT2D eigenvalue weighted by Gasteiger charge is -2.23. The summed E-state index contributed by atoms with van der Waals surface area (Å²) in [5, 5.41) is 4.73. The molecule has 1 aliphatic rings. The summed E-state index contributed by atoms with van der Waals surface area (Å²) in [5.41, 5.74) is 0.723. The van der Waals surface area contributed by atoms with Crippen molar-refractivity contribution in [1.82, 2.24) is 14.7 Å². The molecule has 2 aromatic rings. The Hall–Kier alpha value is -2.19. The predicted molar refractivity (Wildman–Crippen MR) is 98.8 cm³/mol. The summed E-state index contributed by atoms with van der Waals surface area (Å²) in [6.07, 6.45) is 0.409. The second-order valence-corrected chi connectivity index (χ2v) is 8.89. The summed E-state index contributed by atoms with van der Waals surface area (Å²) in [6.45, 7) is -0.260. The average molecular weight is 396 g/mol. The van der Waals surface area contributed by atoms with Crippen LogP contribution in [-0.2, 0) is 21.2 Å². The molecule has 9 heteroatoms. The van der Waals surface area contributed by atoms with E-state index in [1.165, 1.54) is 11.0 Å². The summed E-state index contributed by atoms with van der Waals surface area (Å²) in [6, 6.07) is 9.60. The molecule has 0 N–H and O–H groups in total. The van der Waals surface area contributed by atoms with Gasteiger partial charge in [0.2, 0.25) is 5.91 Å². The highest BCUT2D eigenvalue weighted by atomic mass is 35.5. The fourth-order valence-corrected chi connectivity index (χ4v) is 4.91. The number of carbonyl (C=O) groups excluding carboxylic acids is 1. The number of aromatic nitrogens is 2. The van der Waals surface area contributed by atoms with Gasteiger partial charge < -0.3 is 4.90 Å². The first-order valence-electron chi connectivity index (χ1n) is 8.06. The monoisotopic (exact) mass is 395 g/mol. The number of rotatable bonds is 4. The number of likely N-dealkylation sites (N-methyl/N-ethyl adjacent to an activating group) is 1. The maximum Gasteiger partial charge on any atom is 0.267 e. The van der Waals surface area contributed by atoms with Crippen LogP contribution in [0.4, 0.5) is 0 Å². The van der Waals surface area contributed by atoms with Crippen LogP contribution in [0.5, 0.6) is 0 Å². The number of hydrogen-bond donors (Lipinski definition) is 0. The molecule has 26 heavy (non-hydrogen) atoms. The second kappa shape index (κ2) is 7.20. The van der Waals surface area contributed by atoms with Gasteiger partial charge in [-0.25, -0.2) is 13.1 Å². The van der Waals surface area contributed by atoms with Crippen LogP contribution in [0.15, 0.2) is 41.2 Å². The Morgan fingerprint density at radius 2 is 2.04 bits per heavy atom. The molecule has 1 atom stereocenters. The fourth-order valence-electron chi connectivity index (χ4n) is 2.90. The fraction of sp³-hybridized carbons (Fsp3) is 0.353. The SMILES string of the molecule is CN(C(=O)Cn1nc(-c2ccccc2Cl)ccc1=O)[C@H]1CCS(=O)(=O)C1. The molecule has 138 valence electrons. The molecule has 0 saturated carbocycles. The van der Waals surface area contributed by atoms with E-state index in [-0.39, 0.29) is 30.0 Å². The van der Waals surface area contributed by atoms with E-state index in [1.807, 2.05) is 0 Å². The first kappa shape index (κ1) is 18.6. The lowest BCUT2D eigenvalue weighted by Crippen LogP contribution is -2.41. The van der Waals surface area contributed by atoms with Gasteiger partial charge in [0.25, 0.3) is 5.56 Å². The molecule has 0 aliphatic carbocycles. The van der Waals surface area contributed by atoms with Gasteiger partial charge in [0.05, 0.1) is 22.2 Å². The minimum absolute atomic E-state index is 0.0444. The Labute approximate surface area is 156 Å². The highest BCUT2D eigenvalue weighted by Gasteiger charge is 2.32. The van der Waals surface area contributed by atoms with Crippen molar-refractivity contribution >= 4 is 27.3 Å². The van der Waals surface area contributed by atoms with Gasteiger partial charge >= 0.3 is 0 Å². The van der Waals surface area contributed by atoms with E-state index in [1.54, 1.807) is 37.4 Å². The van der Waals surface area contributed by atoms with Crippen molar-refractivity contribution in [2.24, 2.45) is 0 Å². The van der Waals surface area contributed by atoms with Gasteiger partial charge in [0, 0.05) is 24.7 Å². The normalized spacial score (nSPS) is 18.6. The smallest absolute Gasteiger partial charge is 0.267 e. The summed E-state index contributed by atoms with van der Waals surface area (Å²) in [7, 11) is -1.54. The van der Waals surface area contributed by atoms with Crippen molar-refractivity contribution in [3.8, 4) is 11.3 Å². The average Bonchev–Trinajstić information content (AvgIpc) is 2.96. The number of halogens is 1. The molecule has 1 saturated heterocycles. The Kier molecular flexibility index (Phi) is 5.15. The number of nitrogens with zero attached hydrogens (tertiary/aromatic N) is 3. The summed E-state index contributed by atoms with van der Waals surface area (Å²) < 4.78 is 24.3. The van der Waals surface area contributed by atoms with Crippen LogP contribution in [0.3, 0.4) is 0 Å². The Bertz CT molecular complexity index is 1000. The summed E-state index contributed by atoms with van der Waals surface area (Å²) >= 11 is 6.16. The third kappa shape index (κ3) is 3.96. The second-order valence-electron chi connectivity index (χ2n) is 6.26. The Morgan fingerprint density at radius 1 is 1.31 bits per heavy atom. The molecule has 0 unspecified atom stereocenters. The van der Waals surface area contributed by atoms with Crippen LogP contribution >= 0.6 is 11.6 Å². The van der Waals surface area contributed by atoms with E-state index in [2.05, 4.69) is 5.10 Å². The van der Waals surface area contributed by atoms with Crippen LogP contribution in [-0.4, -0.2) is 53.6 Å². The first-order chi connectivity index (χ1) is 12.3. The van der Waals surface area contributed by atoms with E-state index >= 15 is 0 Å². The zero-order valence-electron chi connectivity index (χ0n) is 14.1. The highest BCUT2D eigenvalue weighted by Crippen LogP contribution is 2.24. The predicted octanol–water partition coefficient (Wildman–Crippen LogP) is 1.21.